The number of fused-ring (bicyclic) bond motifs is 1. The zero-order valence-corrected chi connectivity index (χ0v) is 12.2. The Kier molecular flexibility index (Phi) is 3.53. The SMILES string of the molecule is O=CC(=O)c1[nH]c2ccc(Cl)c(Cl)c2c1-c1ccccc1. The summed E-state index contributed by atoms with van der Waals surface area (Å²) in [5.41, 5.74) is 2.26. The number of carbonyl (C=O) groups excluding carboxylic acids is 2. The maximum absolute atomic E-state index is 11.9. The van der Waals surface area contributed by atoms with E-state index in [1.165, 1.54) is 0 Å². The molecule has 0 fully saturated rings. The molecule has 2 aromatic carbocycles. The average Bonchev–Trinajstić information content (AvgIpc) is 2.91. The maximum Gasteiger partial charge on any atom is 0.242 e. The van der Waals surface area contributed by atoms with Crippen molar-refractivity contribution in [3.8, 4) is 11.1 Å². The van der Waals surface area contributed by atoms with Gasteiger partial charge in [0, 0.05) is 16.5 Å². The molecule has 0 aliphatic rings. The van der Waals surface area contributed by atoms with Crippen LogP contribution in [0.3, 0.4) is 0 Å². The molecule has 3 aromatic rings. The van der Waals surface area contributed by atoms with E-state index in [1.54, 1.807) is 12.1 Å². The number of hydrogen-bond donors (Lipinski definition) is 1. The Balaban J connectivity index is 2.45. The fraction of sp³-hybridized carbons (Fsp3) is 0. The average molecular weight is 318 g/mol. The van der Waals surface area contributed by atoms with Gasteiger partial charge < -0.3 is 4.98 Å². The number of Topliss-reactive ketones (excluding diaryl/α,β-unsaturated/α-hetero) is 1. The molecule has 3 nitrogen and oxygen atoms in total. The summed E-state index contributed by atoms with van der Waals surface area (Å²) in [5, 5.41) is 1.39. The van der Waals surface area contributed by atoms with E-state index in [4.69, 9.17) is 23.2 Å². The van der Waals surface area contributed by atoms with Crippen molar-refractivity contribution >= 4 is 46.2 Å². The number of nitrogens with one attached hydrogen (secondary N) is 1. The van der Waals surface area contributed by atoms with E-state index in [2.05, 4.69) is 4.98 Å². The van der Waals surface area contributed by atoms with Crippen LogP contribution < -0.4 is 0 Å². The first-order valence-electron chi connectivity index (χ1n) is 6.18. The third-order valence-corrected chi connectivity index (χ3v) is 4.07. The standard InChI is InChI=1S/C16H9Cl2NO2/c17-10-6-7-11-14(15(10)18)13(9-4-2-1-3-5-9)16(19-11)12(21)8-20/h1-8,19H. The van der Waals surface area contributed by atoms with Gasteiger partial charge in [-0.15, -0.1) is 0 Å². The Labute approximate surface area is 130 Å². The Morgan fingerprint density at radius 2 is 1.76 bits per heavy atom. The fourth-order valence-corrected chi connectivity index (χ4v) is 2.78. The van der Waals surface area contributed by atoms with Crippen LogP contribution in [0.25, 0.3) is 22.0 Å². The number of H-pyrrole nitrogens is 1. The lowest BCUT2D eigenvalue weighted by Crippen LogP contribution is -2.02. The fourth-order valence-electron chi connectivity index (χ4n) is 2.36. The van der Waals surface area contributed by atoms with Gasteiger partial charge in [0.15, 0.2) is 6.29 Å². The summed E-state index contributed by atoms with van der Waals surface area (Å²) < 4.78 is 0. The van der Waals surface area contributed by atoms with E-state index in [0.717, 1.165) is 5.56 Å². The molecule has 0 atom stereocenters. The van der Waals surface area contributed by atoms with Crippen molar-refractivity contribution in [2.24, 2.45) is 0 Å². The third-order valence-electron chi connectivity index (χ3n) is 3.27. The first-order chi connectivity index (χ1) is 10.1. The number of aromatic amines is 1. The van der Waals surface area contributed by atoms with Crippen LogP contribution in [0.1, 0.15) is 10.5 Å². The van der Waals surface area contributed by atoms with E-state index >= 15 is 0 Å². The van der Waals surface area contributed by atoms with E-state index < -0.39 is 5.78 Å². The van der Waals surface area contributed by atoms with E-state index in [-0.39, 0.29) is 12.0 Å². The molecule has 21 heavy (non-hydrogen) atoms. The molecular weight excluding hydrogens is 309 g/mol. The smallest absolute Gasteiger partial charge is 0.242 e. The minimum Gasteiger partial charge on any atom is -0.351 e. The lowest BCUT2D eigenvalue weighted by Gasteiger charge is -2.04. The highest BCUT2D eigenvalue weighted by atomic mass is 35.5. The lowest BCUT2D eigenvalue weighted by molar-refractivity contribution is -0.104. The number of hydrogen-bond acceptors (Lipinski definition) is 2. The van der Waals surface area contributed by atoms with Crippen LogP contribution in [-0.2, 0) is 4.79 Å². The summed E-state index contributed by atoms with van der Waals surface area (Å²) in [6.45, 7) is 0. The normalized spacial score (nSPS) is 10.8. The summed E-state index contributed by atoms with van der Waals surface area (Å²) >= 11 is 12.4. The minimum atomic E-state index is -0.628. The summed E-state index contributed by atoms with van der Waals surface area (Å²) in [7, 11) is 0. The number of aromatic nitrogens is 1. The molecule has 104 valence electrons. The molecule has 0 bridgehead atoms. The predicted octanol–water partition coefficient (Wildman–Crippen LogP) is 4.52. The summed E-state index contributed by atoms with van der Waals surface area (Å²) in [6, 6.07) is 12.6. The van der Waals surface area contributed by atoms with Gasteiger partial charge in [0.25, 0.3) is 0 Å². The monoisotopic (exact) mass is 317 g/mol. The van der Waals surface area contributed by atoms with Gasteiger partial charge in [0.1, 0.15) is 0 Å². The lowest BCUT2D eigenvalue weighted by atomic mass is 10.0. The highest BCUT2D eigenvalue weighted by Gasteiger charge is 2.21. The largest absolute Gasteiger partial charge is 0.351 e. The van der Waals surface area contributed by atoms with Crippen LogP contribution >= 0.6 is 23.2 Å². The van der Waals surface area contributed by atoms with Crippen molar-refractivity contribution in [2.75, 3.05) is 0 Å². The molecule has 1 heterocycles. The Bertz CT molecular complexity index is 854. The van der Waals surface area contributed by atoms with Crippen LogP contribution in [0.5, 0.6) is 0 Å². The zero-order chi connectivity index (χ0) is 15.0. The summed E-state index contributed by atoms with van der Waals surface area (Å²) in [6.07, 6.45) is 0.284. The highest BCUT2D eigenvalue weighted by Crippen LogP contribution is 2.39. The van der Waals surface area contributed by atoms with Crippen molar-refractivity contribution < 1.29 is 9.59 Å². The van der Waals surface area contributed by atoms with Crippen molar-refractivity contribution in [1.82, 2.24) is 4.98 Å². The van der Waals surface area contributed by atoms with E-state index in [0.29, 0.717) is 26.5 Å². The van der Waals surface area contributed by atoms with Crippen molar-refractivity contribution in [3.05, 3.63) is 58.2 Å². The molecule has 0 radical (unpaired) electrons. The Hall–Kier alpha value is -2.10. The number of ketones is 1. The number of carbonyl (C=O) groups is 2. The summed E-state index contributed by atoms with van der Waals surface area (Å²) in [5.74, 6) is -0.628. The molecule has 0 saturated carbocycles. The first-order valence-corrected chi connectivity index (χ1v) is 6.93. The molecule has 1 N–H and O–H groups in total. The van der Waals surface area contributed by atoms with E-state index in [1.807, 2.05) is 30.3 Å². The number of rotatable bonds is 3. The maximum atomic E-state index is 11.9. The Morgan fingerprint density at radius 3 is 2.43 bits per heavy atom. The second kappa shape index (κ2) is 5.35. The minimum absolute atomic E-state index is 0.218. The second-order valence-electron chi connectivity index (χ2n) is 4.51. The molecule has 0 spiro atoms. The van der Waals surface area contributed by atoms with Gasteiger partial charge in [0.2, 0.25) is 5.78 Å². The summed E-state index contributed by atoms with van der Waals surface area (Å²) in [4.78, 5) is 25.7. The topological polar surface area (TPSA) is 49.9 Å². The van der Waals surface area contributed by atoms with Crippen molar-refractivity contribution in [2.45, 2.75) is 0 Å². The number of halogens is 2. The van der Waals surface area contributed by atoms with Crippen LogP contribution in [0.2, 0.25) is 10.0 Å². The van der Waals surface area contributed by atoms with Gasteiger partial charge in [-0.25, -0.2) is 0 Å². The Morgan fingerprint density at radius 1 is 1.05 bits per heavy atom. The van der Waals surface area contributed by atoms with Crippen molar-refractivity contribution in [1.29, 1.82) is 0 Å². The van der Waals surface area contributed by atoms with Gasteiger partial charge in [-0.1, -0.05) is 53.5 Å². The second-order valence-corrected chi connectivity index (χ2v) is 5.29. The molecule has 1 aromatic heterocycles. The number of aldehydes is 1. The molecule has 0 aliphatic heterocycles. The predicted molar refractivity (Wildman–Crippen MR) is 84.1 cm³/mol. The zero-order valence-electron chi connectivity index (χ0n) is 10.7. The van der Waals surface area contributed by atoms with Gasteiger partial charge in [-0.2, -0.15) is 0 Å². The molecule has 3 rings (SSSR count). The quantitative estimate of drug-likeness (QED) is 0.438. The molecule has 0 amide bonds. The molecule has 0 saturated heterocycles. The van der Waals surface area contributed by atoms with Gasteiger partial charge >= 0.3 is 0 Å². The van der Waals surface area contributed by atoms with Crippen LogP contribution in [0, 0.1) is 0 Å². The van der Waals surface area contributed by atoms with Gasteiger partial charge in [-0.3, -0.25) is 9.59 Å². The van der Waals surface area contributed by atoms with Crippen LogP contribution in [-0.4, -0.2) is 17.1 Å². The molecular formula is C16H9Cl2NO2. The van der Waals surface area contributed by atoms with Crippen molar-refractivity contribution in [3.63, 3.8) is 0 Å². The molecule has 0 unspecified atom stereocenters. The van der Waals surface area contributed by atoms with Gasteiger partial charge in [-0.05, 0) is 17.7 Å². The molecule has 0 aliphatic carbocycles. The third kappa shape index (κ3) is 2.24. The first kappa shape index (κ1) is 13.9. The molecule has 5 heteroatoms. The van der Waals surface area contributed by atoms with Crippen LogP contribution in [0.15, 0.2) is 42.5 Å². The highest BCUT2D eigenvalue weighted by molar-refractivity contribution is 6.46. The van der Waals surface area contributed by atoms with Gasteiger partial charge in [0.05, 0.1) is 15.7 Å². The van der Waals surface area contributed by atoms with Crippen LogP contribution in [0.4, 0.5) is 0 Å². The number of benzene rings is 2. The van der Waals surface area contributed by atoms with E-state index in [9.17, 15) is 9.59 Å².